The van der Waals surface area contributed by atoms with Crippen LogP contribution in [0.15, 0.2) is 157 Å². The number of carbonyl (C=O) groups excluding carboxylic acids is 3. The van der Waals surface area contributed by atoms with Crippen molar-refractivity contribution in [2.24, 2.45) is 4.99 Å². The minimum atomic E-state index is -0.505. The van der Waals surface area contributed by atoms with Gasteiger partial charge in [0.1, 0.15) is 17.9 Å². The van der Waals surface area contributed by atoms with Gasteiger partial charge in [-0.15, -0.1) is 0 Å². The summed E-state index contributed by atoms with van der Waals surface area (Å²) in [5, 5.41) is 0. The third-order valence-corrected chi connectivity index (χ3v) is 13.3. The number of rotatable bonds is 14. The number of aromatic amines is 1. The number of carbonyl (C=O) groups is 3. The Kier molecular flexibility index (Phi) is 12.8. The molecule has 3 aliphatic heterocycles. The van der Waals surface area contributed by atoms with Gasteiger partial charge in [-0.2, -0.15) is 0 Å². The largest absolute Gasteiger partial charge is 0.340 e. The van der Waals surface area contributed by atoms with Crippen LogP contribution in [0.3, 0.4) is 0 Å². The average Bonchev–Trinajstić information content (AvgIpc) is 4.18. The minimum Gasteiger partial charge on any atom is -0.340 e. The van der Waals surface area contributed by atoms with E-state index in [9.17, 15) is 14.4 Å². The highest BCUT2D eigenvalue weighted by molar-refractivity contribution is 6.05. The van der Waals surface area contributed by atoms with Gasteiger partial charge in [0.2, 0.25) is 11.8 Å². The monoisotopic (exact) mass is 863 g/mol. The Morgan fingerprint density at radius 1 is 0.600 bits per heavy atom. The summed E-state index contributed by atoms with van der Waals surface area (Å²) in [6.07, 6.45) is 8.04. The van der Waals surface area contributed by atoms with Crippen molar-refractivity contribution in [3.8, 4) is 11.3 Å². The van der Waals surface area contributed by atoms with Crippen LogP contribution < -0.4 is 0 Å². The number of ketones is 1. The van der Waals surface area contributed by atoms with E-state index in [1.165, 1.54) is 0 Å². The molecule has 1 aromatic heterocycles. The lowest BCUT2D eigenvalue weighted by Gasteiger charge is -2.32. The SMILES string of the molecule is CN(C)[C@@H](C(=O)N1CCC[C@H]1C1=NC=C(c2ccc(C(=O)C(c3ccccc3)c3ccc(-c4cnc([C@@H]5CCCN5C(=O)[C@@H](c5ccccc5)N(C)C)[nH]4)cc3)cc2)C1)c1ccccc1. The lowest BCUT2D eigenvalue weighted by Crippen LogP contribution is -2.45. The van der Waals surface area contributed by atoms with Crippen molar-refractivity contribution in [3.05, 3.63) is 191 Å². The zero-order valence-electron chi connectivity index (χ0n) is 37.7. The Morgan fingerprint density at radius 2 is 1.09 bits per heavy atom. The molecule has 6 aromatic rings. The first-order chi connectivity index (χ1) is 31.7. The summed E-state index contributed by atoms with van der Waals surface area (Å²) in [6.45, 7) is 1.41. The number of benzene rings is 5. The van der Waals surface area contributed by atoms with Crippen LogP contribution >= 0.6 is 0 Å². The lowest BCUT2D eigenvalue weighted by atomic mass is 9.84. The zero-order chi connectivity index (χ0) is 45.0. The highest BCUT2D eigenvalue weighted by atomic mass is 16.2. The number of aliphatic imine (C=N–C) groups is 1. The third-order valence-electron chi connectivity index (χ3n) is 13.3. The molecule has 3 aliphatic rings. The number of Topliss-reactive ketones (excluding diaryl/α,β-unsaturated/α-hetero) is 1. The van der Waals surface area contributed by atoms with E-state index in [2.05, 4.69) is 4.98 Å². The van der Waals surface area contributed by atoms with E-state index < -0.39 is 5.92 Å². The van der Waals surface area contributed by atoms with Gasteiger partial charge >= 0.3 is 0 Å². The number of imidazole rings is 1. The summed E-state index contributed by atoms with van der Waals surface area (Å²) in [7, 11) is 7.82. The summed E-state index contributed by atoms with van der Waals surface area (Å²) < 4.78 is 0. The van der Waals surface area contributed by atoms with E-state index in [0.717, 1.165) is 88.4 Å². The molecule has 10 heteroatoms. The van der Waals surface area contributed by atoms with E-state index in [-0.39, 0.29) is 41.8 Å². The van der Waals surface area contributed by atoms with Crippen LogP contribution in [0.25, 0.3) is 16.8 Å². The molecule has 65 heavy (non-hydrogen) atoms. The maximum Gasteiger partial charge on any atom is 0.245 e. The second-order valence-electron chi connectivity index (χ2n) is 18.0. The Bertz CT molecular complexity index is 2670. The lowest BCUT2D eigenvalue weighted by molar-refractivity contribution is -0.137. The fourth-order valence-electron chi connectivity index (χ4n) is 10.1. The van der Waals surface area contributed by atoms with Gasteiger partial charge in [-0.25, -0.2) is 4.98 Å². The highest BCUT2D eigenvalue weighted by Gasteiger charge is 2.39. The molecule has 330 valence electrons. The molecular formula is C55H57N7O3. The van der Waals surface area contributed by atoms with E-state index >= 15 is 0 Å². The Balaban J connectivity index is 0.882. The Hall–Kier alpha value is -6.75. The van der Waals surface area contributed by atoms with Gasteiger partial charge < -0.3 is 14.8 Å². The molecule has 2 saturated heterocycles. The van der Waals surface area contributed by atoms with Crippen LogP contribution in [-0.2, 0) is 9.59 Å². The molecule has 0 radical (unpaired) electrons. The van der Waals surface area contributed by atoms with Gasteiger partial charge in [0.15, 0.2) is 5.78 Å². The number of likely N-dealkylation sites (tertiary alicyclic amines) is 2. The Morgan fingerprint density at radius 3 is 1.65 bits per heavy atom. The maximum absolute atomic E-state index is 14.6. The number of allylic oxidation sites excluding steroid dienone is 1. The van der Waals surface area contributed by atoms with Gasteiger partial charge in [-0.1, -0.05) is 140 Å². The van der Waals surface area contributed by atoms with Crippen LogP contribution in [0.1, 0.15) is 100 Å². The molecule has 0 bridgehead atoms. The summed E-state index contributed by atoms with van der Waals surface area (Å²) in [5.74, 6) is 0.482. The van der Waals surface area contributed by atoms with Crippen LogP contribution in [0.2, 0.25) is 0 Å². The fraction of sp³-hybridized carbons (Fsp3) is 0.291. The average molecular weight is 864 g/mol. The van der Waals surface area contributed by atoms with Crippen LogP contribution in [0.4, 0.5) is 0 Å². The van der Waals surface area contributed by atoms with E-state index in [1.807, 2.05) is 200 Å². The van der Waals surface area contributed by atoms with Crippen molar-refractivity contribution in [3.63, 3.8) is 0 Å². The van der Waals surface area contributed by atoms with Crippen LogP contribution in [0.5, 0.6) is 0 Å². The summed E-state index contributed by atoms with van der Waals surface area (Å²) in [4.78, 5) is 63.9. The normalized spacial score (nSPS) is 18.7. The summed E-state index contributed by atoms with van der Waals surface area (Å²) >= 11 is 0. The molecule has 0 aliphatic carbocycles. The zero-order valence-corrected chi connectivity index (χ0v) is 37.7. The van der Waals surface area contributed by atoms with Crippen LogP contribution in [0, 0.1) is 0 Å². The van der Waals surface area contributed by atoms with Crippen molar-refractivity contribution in [1.82, 2.24) is 29.6 Å². The number of nitrogens with zero attached hydrogens (tertiary/aromatic N) is 6. The molecule has 4 heterocycles. The van der Waals surface area contributed by atoms with E-state index in [0.29, 0.717) is 18.5 Å². The molecule has 9 rings (SSSR count). The van der Waals surface area contributed by atoms with Gasteiger partial charge in [-0.3, -0.25) is 29.2 Å². The molecule has 1 N–H and O–H groups in total. The number of hydrogen-bond donors (Lipinski definition) is 1. The maximum atomic E-state index is 14.6. The van der Waals surface area contributed by atoms with Gasteiger partial charge in [0, 0.05) is 37.0 Å². The minimum absolute atomic E-state index is 0.0168. The molecule has 5 aromatic carbocycles. The molecule has 10 nitrogen and oxygen atoms in total. The molecule has 1 unspecified atom stereocenters. The standard InChI is InChI=1S/C55H57N7O3/c1-59(2)50(41-18-10-6-11-19-41)54(64)61-32-14-22-47(61)45-34-44(35-56-45)37-24-30-43(31-25-37)52(63)49(39-16-8-5-9-17-39)40-28-26-38(27-29-40)46-36-57-53(58-46)48-23-15-33-62(48)55(65)51(60(3)4)42-20-12-7-13-21-42/h5-13,16-21,24-31,35-36,47-51H,14-15,22-23,32-34H2,1-4H3,(H,57,58)/t47-,48-,49?,50+,51+/m0/s1. The molecule has 2 amide bonds. The molecular weight excluding hydrogens is 807 g/mol. The first-order valence-corrected chi connectivity index (χ1v) is 22.8. The summed E-state index contributed by atoms with van der Waals surface area (Å²) in [5.41, 5.74) is 9.35. The van der Waals surface area contributed by atoms with E-state index in [4.69, 9.17) is 9.98 Å². The second kappa shape index (κ2) is 19.2. The highest BCUT2D eigenvalue weighted by Crippen LogP contribution is 2.37. The number of H-pyrrole nitrogens is 1. The quantitative estimate of drug-likeness (QED) is 0.110. The first-order valence-electron chi connectivity index (χ1n) is 22.8. The van der Waals surface area contributed by atoms with Crippen molar-refractivity contribution in [2.45, 2.75) is 62.2 Å². The summed E-state index contributed by atoms with van der Waals surface area (Å²) in [6, 6.07) is 45.0. The van der Waals surface area contributed by atoms with Crippen molar-refractivity contribution < 1.29 is 14.4 Å². The van der Waals surface area contributed by atoms with Crippen molar-refractivity contribution in [1.29, 1.82) is 0 Å². The Labute approximate surface area is 382 Å². The number of amides is 2. The molecule has 0 saturated carbocycles. The fourth-order valence-corrected chi connectivity index (χ4v) is 10.1. The molecule has 0 spiro atoms. The van der Waals surface area contributed by atoms with Crippen molar-refractivity contribution in [2.75, 3.05) is 41.3 Å². The topological polar surface area (TPSA) is 105 Å². The predicted molar refractivity (Wildman–Crippen MR) is 257 cm³/mol. The predicted octanol–water partition coefficient (Wildman–Crippen LogP) is 9.54. The van der Waals surface area contributed by atoms with Crippen LogP contribution in [-0.4, -0.2) is 100 Å². The van der Waals surface area contributed by atoms with Gasteiger partial charge in [0.05, 0.1) is 29.9 Å². The van der Waals surface area contributed by atoms with Crippen molar-refractivity contribution >= 4 is 28.9 Å². The number of likely N-dealkylation sites (N-methyl/N-ethyl adjacent to an activating group) is 2. The first kappa shape index (κ1) is 43.5. The second-order valence-corrected chi connectivity index (χ2v) is 18.0. The number of hydrogen-bond acceptors (Lipinski definition) is 7. The molecule has 2 fully saturated rings. The van der Waals surface area contributed by atoms with E-state index in [1.54, 1.807) is 0 Å². The number of aromatic nitrogens is 2. The third kappa shape index (κ3) is 9.01. The van der Waals surface area contributed by atoms with Gasteiger partial charge in [0.25, 0.3) is 0 Å². The smallest absolute Gasteiger partial charge is 0.245 e. The number of nitrogens with one attached hydrogen (secondary N) is 1. The molecule has 5 atom stereocenters. The van der Waals surface area contributed by atoms with Gasteiger partial charge in [-0.05, 0) is 92.8 Å².